The van der Waals surface area contributed by atoms with Crippen LogP contribution < -0.4 is 19.5 Å². The molecule has 0 unspecified atom stereocenters. The Bertz CT molecular complexity index is 847. The summed E-state index contributed by atoms with van der Waals surface area (Å²) in [5.41, 5.74) is 0.358. The van der Waals surface area contributed by atoms with Crippen LogP contribution in [0.2, 0.25) is 0 Å². The van der Waals surface area contributed by atoms with Gasteiger partial charge in [0.2, 0.25) is 10.0 Å². The highest BCUT2D eigenvalue weighted by Crippen LogP contribution is 2.22. The molecule has 26 heavy (non-hydrogen) atoms. The lowest BCUT2D eigenvalue weighted by atomic mass is 10.2. The van der Waals surface area contributed by atoms with Gasteiger partial charge in [-0.25, -0.2) is 13.1 Å². The predicted molar refractivity (Wildman–Crippen MR) is 101 cm³/mol. The van der Waals surface area contributed by atoms with Crippen LogP contribution in [0.15, 0.2) is 51.8 Å². The van der Waals surface area contributed by atoms with Gasteiger partial charge in [-0.05, 0) is 36.4 Å². The highest BCUT2D eigenvalue weighted by Gasteiger charge is 2.14. The van der Waals surface area contributed by atoms with Crippen LogP contribution in [0.5, 0.6) is 11.5 Å². The van der Waals surface area contributed by atoms with Crippen LogP contribution in [0.3, 0.4) is 0 Å². The lowest BCUT2D eigenvalue weighted by molar-refractivity contribution is 0.0953. The summed E-state index contributed by atoms with van der Waals surface area (Å²) in [6.45, 7) is 0.194. The highest BCUT2D eigenvalue weighted by molar-refractivity contribution is 9.10. The summed E-state index contributed by atoms with van der Waals surface area (Å²) < 4.78 is 37.8. The molecule has 0 aliphatic heterocycles. The number of ether oxygens (including phenoxy) is 2. The van der Waals surface area contributed by atoms with Gasteiger partial charge < -0.3 is 14.8 Å². The zero-order valence-corrected chi connectivity index (χ0v) is 16.7. The molecule has 2 aromatic carbocycles. The van der Waals surface area contributed by atoms with Gasteiger partial charge >= 0.3 is 0 Å². The number of sulfonamides is 1. The minimum atomic E-state index is -3.62. The Hall–Kier alpha value is -2.10. The van der Waals surface area contributed by atoms with Gasteiger partial charge in [-0.15, -0.1) is 0 Å². The quantitative estimate of drug-likeness (QED) is 0.610. The van der Waals surface area contributed by atoms with Crippen molar-refractivity contribution in [3.63, 3.8) is 0 Å². The average molecular weight is 443 g/mol. The number of hydrogen-bond donors (Lipinski definition) is 2. The lowest BCUT2D eigenvalue weighted by Gasteiger charge is -2.10. The largest absolute Gasteiger partial charge is 0.497 e. The Labute approximate surface area is 160 Å². The third-order valence-corrected chi connectivity index (χ3v) is 5.45. The molecule has 0 aromatic heterocycles. The first-order valence-corrected chi connectivity index (χ1v) is 9.90. The number of amides is 1. The zero-order valence-electron chi connectivity index (χ0n) is 14.3. The van der Waals surface area contributed by atoms with Crippen molar-refractivity contribution in [3.8, 4) is 11.5 Å². The molecule has 0 aliphatic carbocycles. The van der Waals surface area contributed by atoms with Crippen molar-refractivity contribution in [2.45, 2.75) is 4.90 Å². The molecule has 1 amide bonds. The molecule has 0 saturated heterocycles. The zero-order chi connectivity index (χ0) is 19.2. The fraction of sp³-hybridized carbons (Fsp3) is 0.235. The SMILES string of the molecule is COc1cc(OC)cc(C(=O)NCCNS(=O)(=O)c2ccc(Br)cc2)c1. The number of carbonyl (C=O) groups excluding carboxylic acids is 1. The van der Waals surface area contributed by atoms with Crippen molar-refractivity contribution >= 4 is 31.9 Å². The molecular weight excluding hydrogens is 424 g/mol. The van der Waals surface area contributed by atoms with E-state index >= 15 is 0 Å². The van der Waals surface area contributed by atoms with Gasteiger partial charge in [0.1, 0.15) is 11.5 Å². The molecule has 0 aliphatic rings. The summed E-state index contributed by atoms with van der Waals surface area (Å²) in [6, 6.07) is 11.1. The standard InChI is InChI=1S/C17H19BrN2O5S/c1-24-14-9-12(10-15(11-14)25-2)17(21)19-7-8-20-26(22,23)16-5-3-13(18)4-6-16/h3-6,9-11,20H,7-8H2,1-2H3,(H,19,21). The lowest BCUT2D eigenvalue weighted by Crippen LogP contribution is -2.34. The van der Waals surface area contributed by atoms with E-state index in [0.29, 0.717) is 17.1 Å². The molecule has 7 nitrogen and oxygen atoms in total. The first-order valence-electron chi connectivity index (χ1n) is 7.62. The van der Waals surface area contributed by atoms with Gasteiger partial charge in [0.05, 0.1) is 19.1 Å². The number of carbonyl (C=O) groups is 1. The Morgan fingerprint density at radius 3 is 2.12 bits per heavy atom. The Morgan fingerprint density at radius 2 is 1.58 bits per heavy atom. The molecule has 2 aromatic rings. The van der Waals surface area contributed by atoms with Crippen LogP contribution in [0, 0.1) is 0 Å². The van der Waals surface area contributed by atoms with E-state index in [4.69, 9.17) is 9.47 Å². The molecule has 140 valence electrons. The molecule has 0 bridgehead atoms. The Balaban J connectivity index is 1.91. The van der Waals surface area contributed by atoms with Crippen molar-refractivity contribution in [1.29, 1.82) is 0 Å². The van der Waals surface area contributed by atoms with Crippen molar-refractivity contribution < 1.29 is 22.7 Å². The second kappa shape index (κ2) is 9.02. The minimum Gasteiger partial charge on any atom is -0.497 e. The number of nitrogens with one attached hydrogen (secondary N) is 2. The van der Waals surface area contributed by atoms with Gasteiger partial charge in [-0.2, -0.15) is 0 Å². The second-order valence-corrected chi connectivity index (χ2v) is 7.89. The van der Waals surface area contributed by atoms with Crippen molar-refractivity contribution in [1.82, 2.24) is 10.0 Å². The van der Waals surface area contributed by atoms with Crippen molar-refractivity contribution in [3.05, 3.63) is 52.5 Å². The third-order valence-electron chi connectivity index (χ3n) is 3.44. The second-order valence-electron chi connectivity index (χ2n) is 5.21. The molecule has 0 radical (unpaired) electrons. The van der Waals surface area contributed by atoms with E-state index in [1.54, 1.807) is 30.3 Å². The normalized spacial score (nSPS) is 11.0. The van der Waals surface area contributed by atoms with Crippen LogP contribution in [0.1, 0.15) is 10.4 Å². The van der Waals surface area contributed by atoms with Gasteiger partial charge in [0.15, 0.2) is 0 Å². The van der Waals surface area contributed by atoms with Gasteiger partial charge in [0, 0.05) is 29.2 Å². The van der Waals surface area contributed by atoms with Crippen LogP contribution >= 0.6 is 15.9 Å². The van der Waals surface area contributed by atoms with Crippen LogP contribution in [-0.4, -0.2) is 41.6 Å². The summed E-state index contributed by atoms with van der Waals surface area (Å²) in [5.74, 6) is 0.626. The topological polar surface area (TPSA) is 93.7 Å². The maximum absolute atomic E-state index is 12.2. The Kier molecular flexibility index (Phi) is 7.01. The first kappa shape index (κ1) is 20.2. The van der Waals surface area contributed by atoms with Crippen molar-refractivity contribution in [2.24, 2.45) is 0 Å². The minimum absolute atomic E-state index is 0.0608. The average Bonchev–Trinajstić information content (AvgIpc) is 2.64. The maximum atomic E-state index is 12.2. The number of rotatable bonds is 8. The summed E-state index contributed by atoms with van der Waals surface area (Å²) >= 11 is 3.25. The van der Waals surface area contributed by atoms with Gasteiger partial charge in [-0.1, -0.05) is 15.9 Å². The fourth-order valence-electron chi connectivity index (χ4n) is 2.10. The van der Waals surface area contributed by atoms with Crippen molar-refractivity contribution in [2.75, 3.05) is 27.3 Å². The summed E-state index contributed by atoms with van der Waals surface area (Å²) in [4.78, 5) is 12.4. The van der Waals surface area contributed by atoms with Gasteiger partial charge in [0.25, 0.3) is 5.91 Å². The molecule has 9 heteroatoms. The summed E-state index contributed by atoms with van der Waals surface area (Å²) in [6.07, 6.45) is 0. The van der Waals surface area contributed by atoms with E-state index in [-0.39, 0.29) is 23.9 Å². The highest BCUT2D eigenvalue weighted by atomic mass is 79.9. The third kappa shape index (κ3) is 5.45. The van der Waals surface area contributed by atoms with E-state index in [1.165, 1.54) is 26.4 Å². The molecule has 2 N–H and O–H groups in total. The Morgan fingerprint density at radius 1 is 1.00 bits per heavy atom. The molecule has 0 fully saturated rings. The fourth-order valence-corrected chi connectivity index (χ4v) is 3.40. The smallest absolute Gasteiger partial charge is 0.251 e. The van der Waals surface area contributed by atoms with Crippen LogP contribution in [-0.2, 0) is 10.0 Å². The van der Waals surface area contributed by atoms with E-state index in [2.05, 4.69) is 26.0 Å². The van der Waals surface area contributed by atoms with Crippen LogP contribution in [0.4, 0.5) is 0 Å². The molecule has 0 spiro atoms. The van der Waals surface area contributed by atoms with E-state index in [0.717, 1.165) is 4.47 Å². The maximum Gasteiger partial charge on any atom is 0.251 e. The van der Waals surface area contributed by atoms with Gasteiger partial charge in [-0.3, -0.25) is 4.79 Å². The number of hydrogen-bond acceptors (Lipinski definition) is 5. The monoisotopic (exact) mass is 442 g/mol. The van der Waals surface area contributed by atoms with Crippen LogP contribution in [0.25, 0.3) is 0 Å². The molecule has 0 atom stereocenters. The van der Waals surface area contributed by atoms with E-state index < -0.39 is 10.0 Å². The number of methoxy groups -OCH3 is 2. The predicted octanol–water partition coefficient (Wildman–Crippen LogP) is 2.17. The molecule has 0 saturated carbocycles. The summed E-state index contributed by atoms with van der Waals surface area (Å²) in [5, 5.41) is 2.65. The van der Waals surface area contributed by atoms with E-state index in [9.17, 15) is 13.2 Å². The van der Waals surface area contributed by atoms with E-state index in [1.807, 2.05) is 0 Å². The molecule has 2 rings (SSSR count). The number of halogens is 1. The number of benzene rings is 2. The summed E-state index contributed by atoms with van der Waals surface area (Å²) in [7, 11) is -0.636. The first-order chi connectivity index (χ1) is 12.4. The molecular formula is C17H19BrN2O5S. The molecule has 0 heterocycles.